The molecule has 0 aliphatic carbocycles. The number of carbonyl (C=O) groups is 1. The summed E-state index contributed by atoms with van der Waals surface area (Å²) in [6.45, 7) is -0.398. The van der Waals surface area contributed by atoms with E-state index in [2.05, 4.69) is 5.32 Å². The Morgan fingerprint density at radius 3 is 2.77 bits per heavy atom. The molecule has 1 atom stereocenters. The lowest BCUT2D eigenvalue weighted by Gasteiger charge is -2.17. The molecule has 2 N–H and O–H groups in total. The Balaban J connectivity index is 2.20. The Hall–Kier alpha value is -2.42. The van der Waals surface area contributed by atoms with E-state index in [1.165, 1.54) is 18.2 Å². The van der Waals surface area contributed by atoms with E-state index in [1.54, 1.807) is 18.2 Å². The fourth-order valence-electron chi connectivity index (χ4n) is 1.94. The molecule has 0 radical (unpaired) electrons. The zero-order valence-corrected chi connectivity index (χ0v) is 12.1. The minimum atomic E-state index is -0.773. The number of nitrogens with one attached hydrogen (secondary N) is 1. The lowest BCUT2D eigenvalue weighted by Crippen LogP contribution is -2.30. The Morgan fingerprint density at radius 2 is 2.14 bits per heavy atom. The molecule has 22 heavy (non-hydrogen) atoms. The predicted octanol–water partition coefficient (Wildman–Crippen LogP) is 2.81. The highest BCUT2D eigenvalue weighted by molar-refractivity contribution is 6.30. The van der Waals surface area contributed by atoms with Gasteiger partial charge in [0, 0.05) is 5.56 Å². The van der Waals surface area contributed by atoms with Crippen LogP contribution in [0.25, 0.3) is 0 Å². The number of nitriles is 1. The molecule has 6 heteroatoms. The first-order valence-corrected chi connectivity index (χ1v) is 6.79. The van der Waals surface area contributed by atoms with Crippen LogP contribution in [-0.2, 0) is 0 Å². The summed E-state index contributed by atoms with van der Waals surface area (Å²) in [6, 6.07) is 11.4. The molecule has 2 aromatic rings. The smallest absolute Gasteiger partial charge is 0.251 e. The molecule has 0 saturated heterocycles. The van der Waals surface area contributed by atoms with E-state index in [0.29, 0.717) is 11.1 Å². The summed E-state index contributed by atoms with van der Waals surface area (Å²) in [5.74, 6) is -1.09. The van der Waals surface area contributed by atoms with E-state index in [-0.39, 0.29) is 10.6 Å². The van der Waals surface area contributed by atoms with E-state index in [1.807, 2.05) is 6.07 Å². The van der Waals surface area contributed by atoms with Crippen LogP contribution in [0, 0.1) is 17.1 Å². The van der Waals surface area contributed by atoms with Crippen LogP contribution < -0.4 is 5.32 Å². The van der Waals surface area contributed by atoms with Crippen LogP contribution in [-0.4, -0.2) is 17.6 Å². The van der Waals surface area contributed by atoms with E-state index < -0.39 is 24.4 Å². The summed E-state index contributed by atoms with van der Waals surface area (Å²) >= 11 is 5.61. The number of aliphatic hydroxyl groups is 1. The van der Waals surface area contributed by atoms with Gasteiger partial charge in [0.25, 0.3) is 5.91 Å². The number of amides is 1. The molecule has 2 rings (SSSR count). The highest BCUT2D eigenvalue weighted by atomic mass is 35.5. The molecule has 112 valence electrons. The Morgan fingerprint density at radius 1 is 1.36 bits per heavy atom. The lowest BCUT2D eigenvalue weighted by atomic mass is 10.1. The largest absolute Gasteiger partial charge is 0.394 e. The summed E-state index contributed by atoms with van der Waals surface area (Å²) in [6.07, 6.45) is 0. The van der Waals surface area contributed by atoms with E-state index in [4.69, 9.17) is 16.9 Å². The number of halogens is 2. The van der Waals surface area contributed by atoms with Gasteiger partial charge in [0.2, 0.25) is 0 Å². The third-order valence-corrected chi connectivity index (χ3v) is 3.39. The van der Waals surface area contributed by atoms with Crippen molar-refractivity contribution in [3.8, 4) is 6.07 Å². The van der Waals surface area contributed by atoms with Gasteiger partial charge in [-0.3, -0.25) is 4.79 Å². The number of carbonyl (C=O) groups excluding carboxylic acids is 1. The second-order valence-electron chi connectivity index (χ2n) is 4.57. The van der Waals surface area contributed by atoms with Crippen LogP contribution in [0.5, 0.6) is 0 Å². The van der Waals surface area contributed by atoms with E-state index in [0.717, 1.165) is 6.07 Å². The molecular formula is C16H12ClFN2O2. The fourth-order valence-corrected chi connectivity index (χ4v) is 2.05. The highest BCUT2D eigenvalue weighted by Crippen LogP contribution is 2.20. The van der Waals surface area contributed by atoms with Crippen LogP contribution in [0.2, 0.25) is 5.02 Å². The first-order chi connectivity index (χ1) is 10.5. The van der Waals surface area contributed by atoms with Crippen LogP contribution in [0.3, 0.4) is 0 Å². The second-order valence-corrected chi connectivity index (χ2v) is 4.98. The summed E-state index contributed by atoms with van der Waals surface area (Å²) in [7, 11) is 0. The molecule has 0 fully saturated rings. The van der Waals surface area contributed by atoms with Crippen molar-refractivity contribution in [2.24, 2.45) is 0 Å². The third-order valence-electron chi connectivity index (χ3n) is 3.09. The van der Waals surface area contributed by atoms with Crippen molar-refractivity contribution in [3.63, 3.8) is 0 Å². The quantitative estimate of drug-likeness (QED) is 0.910. The van der Waals surface area contributed by atoms with Gasteiger partial charge < -0.3 is 10.4 Å². The average Bonchev–Trinajstić information content (AvgIpc) is 2.55. The molecule has 2 aromatic carbocycles. The van der Waals surface area contributed by atoms with Crippen molar-refractivity contribution in [3.05, 3.63) is 70.0 Å². The van der Waals surface area contributed by atoms with Gasteiger partial charge in [0.05, 0.1) is 29.3 Å². The Bertz CT molecular complexity index is 743. The van der Waals surface area contributed by atoms with Crippen LogP contribution in [0.1, 0.15) is 27.5 Å². The minimum absolute atomic E-state index is 0.0338. The third kappa shape index (κ3) is 3.61. The standard InChI is InChI=1S/C16H12ClFN2O2/c17-13-5-4-11(7-14(13)18)15(9-21)20-16(22)12-3-1-2-10(6-12)8-19/h1-7,15,21H,9H2,(H,20,22). The molecule has 0 bridgehead atoms. The zero-order chi connectivity index (χ0) is 16.1. The van der Waals surface area contributed by atoms with Gasteiger partial charge >= 0.3 is 0 Å². The first-order valence-electron chi connectivity index (χ1n) is 6.42. The molecular weight excluding hydrogens is 307 g/mol. The monoisotopic (exact) mass is 318 g/mol. The molecule has 0 aromatic heterocycles. The van der Waals surface area contributed by atoms with Crippen molar-refractivity contribution in [2.45, 2.75) is 6.04 Å². The molecule has 1 amide bonds. The van der Waals surface area contributed by atoms with Gasteiger partial charge in [0.15, 0.2) is 0 Å². The van der Waals surface area contributed by atoms with Crippen molar-refractivity contribution in [1.29, 1.82) is 5.26 Å². The Labute approximate surface area is 131 Å². The lowest BCUT2D eigenvalue weighted by molar-refractivity contribution is 0.0916. The number of hydrogen-bond donors (Lipinski definition) is 2. The van der Waals surface area contributed by atoms with Gasteiger partial charge in [-0.15, -0.1) is 0 Å². The Kier molecular flexibility index (Phi) is 5.10. The van der Waals surface area contributed by atoms with Gasteiger partial charge in [-0.05, 0) is 35.9 Å². The SMILES string of the molecule is N#Cc1cccc(C(=O)NC(CO)c2ccc(Cl)c(F)c2)c1. The molecule has 0 heterocycles. The number of aliphatic hydroxyl groups excluding tert-OH is 1. The summed E-state index contributed by atoms with van der Waals surface area (Å²) < 4.78 is 13.5. The maximum atomic E-state index is 13.5. The molecule has 4 nitrogen and oxygen atoms in total. The summed E-state index contributed by atoms with van der Waals surface area (Å²) in [5, 5.41) is 20.8. The van der Waals surface area contributed by atoms with Gasteiger partial charge in [-0.1, -0.05) is 23.7 Å². The van der Waals surface area contributed by atoms with Gasteiger partial charge in [0.1, 0.15) is 5.82 Å². The predicted molar refractivity (Wildman–Crippen MR) is 79.9 cm³/mol. The van der Waals surface area contributed by atoms with Crippen molar-refractivity contribution >= 4 is 17.5 Å². The second kappa shape index (κ2) is 7.03. The maximum Gasteiger partial charge on any atom is 0.251 e. The average molecular weight is 319 g/mol. The van der Waals surface area contributed by atoms with Crippen molar-refractivity contribution in [2.75, 3.05) is 6.61 Å². The molecule has 0 aliphatic rings. The normalized spacial score (nSPS) is 11.5. The highest BCUT2D eigenvalue weighted by Gasteiger charge is 2.16. The van der Waals surface area contributed by atoms with E-state index in [9.17, 15) is 14.3 Å². The van der Waals surface area contributed by atoms with Crippen molar-refractivity contribution < 1.29 is 14.3 Å². The minimum Gasteiger partial charge on any atom is -0.394 e. The zero-order valence-electron chi connectivity index (χ0n) is 11.4. The summed E-state index contributed by atoms with van der Waals surface area (Å²) in [5.41, 5.74) is 1.03. The van der Waals surface area contributed by atoms with Gasteiger partial charge in [-0.25, -0.2) is 4.39 Å². The van der Waals surface area contributed by atoms with Crippen molar-refractivity contribution in [1.82, 2.24) is 5.32 Å². The summed E-state index contributed by atoms with van der Waals surface area (Å²) in [4.78, 5) is 12.2. The number of nitrogens with zero attached hydrogens (tertiary/aromatic N) is 1. The molecule has 0 spiro atoms. The molecule has 0 saturated carbocycles. The first kappa shape index (κ1) is 16.0. The molecule has 1 unspecified atom stereocenters. The molecule has 0 aliphatic heterocycles. The number of hydrogen-bond acceptors (Lipinski definition) is 3. The van der Waals surface area contributed by atoms with Gasteiger partial charge in [-0.2, -0.15) is 5.26 Å². The number of benzene rings is 2. The van der Waals surface area contributed by atoms with E-state index >= 15 is 0 Å². The number of rotatable bonds is 4. The fraction of sp³-hybridized carbons (Fsp3) is 0.125. The van der Waals surface area contributed by atoms with Crippen LogP contribution in [0.15, 0.2) is 42.5 Å². The maximum absolute atomic E-state index is 13.5. The van der Waals surface area contributed by atoms with Crippen LogP contribution >= 0.6 is 11.6 Å². The van der Waals surface area contributed by atoms with Crippen LogP contribution in [0.4, 0.5) is 4.39 Å². The topological polar surface area (TPSA) is 73.1 Å².